The highest BCUT2D eigenvalue weighted by Gasteiger charge is 2.26. The third kappa shape index (κ3) is 4.53. The van der Waals surface area contributed by atoms with Gasteiger partial charge in [-0.1, -0.05) is 57.2 Å². The first-order valence-corrected chi connectivity index (χ1v) is 10.5. The molecule has 1 atom stereocenters. The first kappa shape index (κ1) is 23.5. The van der Waals surface area contributed by atoms with Crippen molar-refractivity contribution in [1.29, 1.82) is 0 Å². The van der Waals surface area contributed by atoms with Gasteiger partial charge in [0.2, 0.25) is 5.75 Å². The van der Waals surface area contributed by atoms with E-state index in [1.165, 1.54) is 5.56 Å². The molecule has 0 saturated heterocycles. The molecule has 5 nitrogen and oxygen atoms in total. The molecule has 0 aliphatic rings. The van der Waals surface area contributed by atoms with Gasteiger partial charge >= 0.3 is 0 Å². The number of aliphatic hydroxyl groups is 1. The summed E-state index contributed by atoms with van der Waals surface area (Å²) >= 11 is 0. The zero-order valence-electron chi connectivity index (χ0n) is 19.9. The molecule has 3 aromatic carbocycles. The molecule has 0 spiro atoms. The van der Waals surface area contributed by atoms with Crippen LogP contribution in [0.2, 0.25) is 0 Å². The maximum Gasteiger partial charge on any atom is 0.203 e. The van der Waals surface area contributed by atoms with E-state index < -0.39 is 6.10 Å². The van der Waals surface area contributed by atoms with E-state index in [4.69, 9.17) is 18.9 Å². The van der Waals surface area contributed by atoms with Crippen LogP contribution < -0.4 is 18.9 Å². The van der Waals surface area contributed by atoms with Gasteiger partial charge in [0.15, 0.2) is 11.5 Å². The second kappa shape index (κ2) is 9.53. The molecule has 3 aromatic rings. The predicted octanol–water partition coefficient (Wildman–Crippen LogP) is 5.77. The molecule has 0 radical (unpaired) electrons. The minimum Gasteiger partial charge on any atom is -0.497 e. The molecule has 0 aliphatic heterocycles. The molecular formula is C27H32O5. The number of methoxy groups -OCH3 is 4. The lowest BCUT2D eigenvalue weighted by molar-refractivity contribution is 0.219. The predicted molar refractivity (Wildman–Crippen MR) is 127 cm³/mol. The molecule has 0 amide bonds. The molecular weight excluding hydrogens is 404 g/mol. The SMILES string of the molecule is COc1ccc(C(O)c2cc(OC)c(OC)c(OC)c2-c2ccc(C(C)(C)C)cc2)cc1. The Kier molecular flexibility index (Phi) is 6.99. The molecule has 32 heavy (non-hydrogen) atoms. The van der Waals surface area contributed by atoms with Gasteiger partial charge in [-0.05, 0) is 40.3 Å². The quantitative estimate of drug-likeness (QED) is 0.510. The number of ether oxygens (including phenoxy) is 4. The highest BCUT2D eigenvalue weighted by atomic mass is 16.5. The van der Waals surface area contributed by atoms with Crippen LogP contribution in [0.25, 0.3) is 11.1 Å². The number of aliphatic hydroxyl groups excluding tert-OH is 1. The Morgan fingerprint density at radius 2 is 1.31 bits per heavy atom. The summed E-state index contributed by atoms with van der Waals surface area (Å²) in [6.45, 7) is 6.54. The van der Waals surface area contributed by atoms with Crippen LogP contribution in [-0.2, 0) is 5.41 Å². The molecule has 0 heterocycles. The Labute approximate surface area is 190 Å². The monoisotopic (exact) mass is 436 g/mol. The van der Waals surface area contributed by atoms with E-state index in [0.717, 1.165) is 22.4 Å². The van der Waals surface area contributed by atoms with E-state index in [-0.39, 0.29) is 5.41 Å². The van der Waals surface area contributed by atoms with Gasteiger partial charge in [-0.2, -0.15) is 0 Å². The maximum absolute atomic E-state index is 11.4. The van der Waals surface area contributed by atoms with Crippen LogP contribution in [0, 0.1) is 0 Å². The average Bonchev–Trinajstić information content (AvgIpc) is 2.81. The van der Waals surface area contributed by atoms with Gasteiger partial charge < -0.3 is 24.1 Å². The Bertz CT molecular complexity index is 1050. The number of hydrogen-bond acceptors (Lipinski definition) is 5. The zero-order valence-corrected chi connectivity index (χ0v) is 19.9. The minimum atomic E-state index is -0.910. The van der Waals surface area contributed by atoms with Crippen molar-refractivity contribution in [1.82, 2.24) is 0 Å². The second-order valence-corrected chi connectivity index (χ2v) is 8.61. The van der Waals surface area contributed by atoms with Crippen molar-refractivity contribution < 1.29 is 24.1 Å². The normalized spacial score (nSPS) is 12.2. The van der Waals surface area contributed by atoms with Crippen molar-refractivity contribution in [2.45, 2.75) is 32.3 Å². The van der Waals surface area contributed by atoms with Gasteiger partial charge in [0.1, 0.15) is 11.9 Å². The molecule has 1 unspecified atom stereocenters. The summed E-state index contributed by atoms with van der Waals surface area (Å²) < 4.78 is 22.2. The fraction of sp³-hybridized carbons (Fsp3) is 0.333. The fourth-order valence-corrected chi connectivity index (χ4v) is 3.79. The lowest BCUT2D eigenvalue weighted by Crippen LogP contribution is -2.10. The van der Waals surface area contributed by atoms with E-state index >= 15 is 0 Å². The maximum atomic E-state index is 11.4. The summed E-state index contributed by atoms with van der Waals surface area (Å²) in [7, 11) is 6.35. The molecule has 0 fully saturated rings. The Morgan fingerprint density at radius 3 is 1.78 bits per heavy atom. The van der Waals surface area contributed by atoms with E-state index in [1.54, 1.807) is 28.4 Å². The smallest absolute Gasteiger partial charge is 0.203 e. The average molecular weight is 437 g/mol. The summed E-state index contributed by atoms with van der Waals surface area (Å²) in [5.41, 5.74) is 4.32. The van der Waals surface area contributed by atoms with Crippen LogP contribution in [-0.4, -0.2) is 33.5 Å². The van der Waals surface area contributed by atoms with Gasteiger partial charge in [0.05, 0.1) is 28.4 Å². The van der Waals surface area contributed by atoms with E-state index in [1.807, 2.05) is 30.3 Å². The first-order chi connectivity index (χ1) is 15.2. The molecule has 0 aliphatic carbocycles. The largest absolute Gasteiger partial charge is 0.497 e. The van der Waals surface area contributed by atoms with Crippen LogP contribution in [0.1, 0.15) is 43.6 Å². The summed E-state index contributed by atoms with van der Waals surface area (Å²) in [5, 5.41) is 11.4. The lowest BCUT2D eigenvalue weighted by Gasteiger charge is -2.24. The van der Waals surface area contributed by atoms with E-state index in [2.05, 4.69) is 45.0 Å². The summed E-state index contributed by atoms with van der Waals surface area (Å²) in [6.07, 6.45) is -0.910. The third-order valence-electron chi connectivity index (χ3n) is 5.63. The van der Waals surface area contributed by atoms with Gasteiger partial charge in [-0.15, -0.1) is 0 Å². The van der Waals surface area contributed by atoms with Gasteiger partial charge in [-0.3, -0.25) is 0 Å². The highest BCUT2D eigenvalue weighted by molar-refractivity contribution is 5.81. The molecule has 5 heteroatoms. The van der Waals surface area contributed by atoms with Crippen LogP contribution >= 0.6 is 0 Å². The van der Waals surface area contributed by atoms with Crippen molar-refractivity contribution in [3.63, 3.8) is 0 Å². The topological polar surface area (TPSA) is 57.2 Å². The highest BCUT2D eigenvalue weighted by Crippen LogP contribution is 2.49. The van der Waals surface area contributed by atoms with Crippen molar-refractivity contribution in [3.8, 4) is 34.1 Å². The number of benzene rings is 3. The standard InChI is InChI=1S/C27H32O5/c1-27(2,3)19-12-8-17(9-13-19)23-21(16-22(30-5)25(31-6)26(23)32-7)24(28)18-10-14-20(29-4)15-11-18/h8-16,24,28H,1-7H3. The fourth-order valence-electron chi connectivity index (χ4n) is 3.79. The summed E-state index contributed by atoms with van der Waals surface area (Å²) in [5.74, 6) is 2.21. The van der Waals surface area contributed by atoms with Gasteiger partial charge in [0, 0.05) is 11.1 Å². The van der Waals surface area contributed by atoms with Crippen molar-refractivity contribution in [3.05, 3.63) is 71.3 Å². The van der Waals surface area contributed by atoms with Crippen LogP contribution in [0.3, 0.4) is 0 Å². The first-order valence-electron chi connectivity index (χ1n) is 10.5. The van der Waals surface area contributed by atoms with E-state index in [9.17, 15) is 5.11 Å². The molecule has 3 rings (SSSR count). The molecule has 1 N–H and O–H groups in total. The summed E-state index contributed by atoms with van der Waals surface area (Å²) in [6, 6.07) is 17.5. The molecule has 0 saturated carbocycles. The molecule has 170 valence electrons. The number of rotatable bonds is 7. The second-order valence-electron chi connectivity index (χ2n) is 8.61. The zero-order chi connectivity index (χ0) is 23.5. The Balaban J connectivity index is 2.25. The molecule has 0 bridgehead atoms. The molecule has 0 aromatic heterocycles. The Hall–Kier alpha value is -3.18. The number of hydrogen-bond donors (Lipinski definition) is 1. The van der Waals surface area contributed by atoms with Gasteiger partial charge in [-0.25, -0.2) is 0 Å². The summed E-state index contributed by atoms with van der Waals surface area (Å²) in [4.78, 5) is 0. The third-order valence-corrected chi connectivity index (χ3v) is 5.63. The van der Waals surface area contributed by atoms with Crippen LogP contribution in [0.5, 0.6) is 23.0 Å². The lowest BCUT2D eigenvalue weighted by atomic mass is 9.85. The van der Waals surface area contributed by atoms with Gasteiger partial charge in [0.25, 0.3) is 0 Å². The Morgan fingerprint density at radius 1 is 0.719 bits per heavy atom. The van der Waals surface area contributed by atoms with E-state index in [0.29, 0.717) is 22.8 Å². The van der Waals surface area contributed by atoms with Crippen molar-refractivity contribution in [2.75, 3.05) is 28.4 Å². The van der Waals surface area contributed by atoms with Crippen LogP contribution in [0.4, 0.5) is 0 Å². The van der Waals surface area contributed by atoms with Crippen molar-refractivity contribution in [2.24, 2.45) is 0 Å². The minimum absolute atomic E-state index is 0.0334. The van der Waals surface area contributed by atoms with Crippen LogP contribution in [0.15, 0.2) is 54.6 Å². The van der Waals surface area contributed by atoms with Crippen molar-refractivity contribution >= 4 is 0 Å².